The molecule has 0 aromatic carbocycles. The van der Waals surface area contributed by atoms with Gasteiger partial charge >= 0.3 is 0 Å². The van der Waals surface area contributed by atoms with Crippen LogP contribution < -0.4 is 11.3 Å². The number of hydrogen-bond acceptors (Lipinski definition) is 3. The molecule has 1 atom stereocenters. The van der Waals surface area contributed by atoms with E-state index < -0.39 is 0 Å². The second-order valence-electron chi connectivity index (χ2n) is 4.16. The van der Waals surface area contributed by atoms with Gasteiger partial charge in [-0.1, -0.05) is 13.0 Å². The maximum absolute atomic E-state index is 5.57. The van der Waals surface area contributed by atoms with E-state index in [1.807, 2.05) is 11.3 Å². The van der Waals surface area contributed by atoms with Crippen LogP contribution in [-0.2, 0) is 6.42 Å². The molecule has 1 unspecified atom stereocenters. The van der Waals surface area contributed by atoms with Crippen molar-refractivity contribution in [2.45, 2.75) is 32.2 Å². The molecule has 1 saturated carbocycles. The third-order valence-corrected chi connectivity index (χ3v) is 3.97. The molecule has 3 heteroatoms. The summed E-state index contributed by atoms with van der Waals surface area (Å²) in [6, 6.07) is 4.73. The van der Waals surface area contributed by atoms with Crippen LogP contribution in [-0.4, -0.2) is 6.04 Å². The van der Waals surface area contributed by atoms with Crippen molar-refractivity contribution in [2.24, 2.45) is 11.3 Å². The SMILES string of the molecule is CC1(C(Cc2cccs2)NN)CC1. The van der Waals surface area contributed by atoms with Gasteiger partial charge in [-0.3, -0.25) is 11.3 Å². The Kier molecular flexibility index (Phi) is 2.41. The summed E-state index contributed by atoms with van der Waals surface area (Å²) in [6.45, 7) is 2.31. The zero-order chi connectivity index (χ0) is 9.31. The first kappa shape index (κ1) is 9.19. The van der Waals surface area contributed by atoms with E-state index in [2.05, 4.69) is 29.9 Å². The van der Waals surface area contributed by atoms with Crippen LogP contribution in [0, 0.1) is 5.41 Å². The van der Waals surface area contributed by atoms with Crippen LogP contribution in [0.5, 0.6) is 0 Å². The summed E-state index contributed by atoms with van der Waals surface area (Å²) in [4.78, 5) is 1.43. The predicted molar refractivity (Wildman–Crippen MR) is 56.5 cm³/mol. The molecule has 1 aromatic rings. The highest BCUT2D eigenvalue weighted by Crippen LogP contribution is 2.48. The Labute approximate surface area is 83.1 Å². The van der Waals surface area contributed by atoms with Crippen LogP contribution in [0.2, 0.25) is 0 Å². The first-order valence-corrected chi connectivity index (χ1v) is 5.61. The van der Waals surface area contributed by atoms with Crippen molar-refractivity contribution in [3.8, 4) is 0 Å². The lowest BCUT2D eigenvalue weighted by Crippen LogP contribution is -2.42. The monoisotopic (exact) mass is 196 g/mol. The fourth-order valence-corrected chi connectivity index (χ4v) is 2.43. The summed E-state index contributed by atoms with van der Waals surface area (Å²) < 4.78 is 0. The summed E-state index contributed by atoms with van der Waals surface area (Å²) in [6.07, 6.45) is 3.70. The normalized spacial score (nSPS) is 21.4. The van der Waals surface area contributed by atoms with Gasteiger partial charge < -0.3 is 0 Å². The number of rotatable bonds is 4. The molecular formula is C10H16N2S. The summed E-state index contributed by atoms with van der Waals surface area (Å²) >= 11 is 1.81. The van der Waals surface area contributed by atoms with Crippen LogP contribution in [0.4, 0.5) is 0 Å². The molecule has 0 aliphatic heterocycles. The quantitative estimate of drug-likeness (QED) is 0.570. The van der Waals surface area contributed by atoms with Crippen LogP contribution in [0.3, 0.4) is 0 Å². The van der Waals surface area contributed by atoms with Crippen LogP contribution in [0.1, 0.15) is 24.6 Å². The Hall–Kier alpha value is -0.380. The summed E-state index contributed by atoms with van der Waals surface area (Å²) in [7, 11) is 0. The fraction of sp³-hybridized carbons (Fsp3) is 0.600. The zero-order valence-electron chi connectivity index (χ0n) is 7.92. The average Bonchev–Trinajstić information content (AvgIpc) is 2.70. The number of nitrogens with two attached hydrogens (primary N) is 1. The molecule has 1 aliphatic carbocycles. The van der Waals surface area contributed by atoms with Gasteiger partial charge in [0.05, 0.1) is 0 Å². The van der Waals surface area contributed by atoms with Gasteiger partial charge in [-0.2, -0.15) is 0 Å². The third-order valence-electron chi connectivity index (χ3n) is 3.07. The van der Waals surface area contributed by atoms with Gasteiger partial charge in [-0.25, -0.2) is 0 Å². The third kappa shape index (κ3) is 1.93. The van der Waals surface area contributed by atoms with Crippen molar-refractivity contribution < 1.29 is 0 Å². The molecule has 0 radical (unpaired) electrons. The van der Waals surface area contributed by atoms with E-state index in [9.17, 15) is 0 Å². The van der Waals surface area contributed by atoms with Crippen LogP contribution in [0.25, 0.3) is 0 Å². The smallest absolute Gasteiger partial charge is 0.0312 e. The van der Waals surface area contributed by atoms with Crippen LogP contribution in [0.15, 0.2) is 17.5 Å². The largest absolute Gasteiger partial charge is 0.271 e. The fourth-order valence-electron chi connectivity index (χ4n) is 1.68. The lowest BCUT2D eigenvalue weighted by Gasteiger charge is -2.21. The molecule has 2 rings (SSSR count). The molecule has 3 N–H and O–H groups in total. The van der Waals surface area contributed by atoms with Crippen molar-refractivity contribution in [1.29, 1.82) is 0 Å². The molecule has 1 aromatic heterocycles. The molecule has 0 bridgehead atoms. The molecule has 72 valence electrons. The first-order valence-electron chi connectivity index (χ1n) is 4.73. The van der Waals surface area contributed by atoms with E-state index in [1.54, 1.807) is 0 Å². The highest BCUT2D eigenvalue weighted by molar-refractivity contribution is 7.09. The van der Waals surface area contributed by atoms with E-state index in [0.717, 1.165) is 6.42 Å². The van der Waals surface area contributed by atoms with E-state index in [0.29, 0.717) is 11.5 Å². The number of hydrogen-bond donors (Lipinski definition) is 2. The molecule has 1 fully saturated rings. The lowest BCUT2D eigenvalue weighted by molar-refractivity contribution is 0.361. The van der Waals surface area contributed by atoms with Gasteiger partial charge in [0.2, 0.25) is 0 Å². The van der Waals surface area contributed by atoms with E-state index in [1.165, 1.54) is 17.7 Å². The number of hydrazine groups is 1. The Morgan fingerprint density at radius 3 is 2.92 bits per heavy atom. The highest BCUT2D eigenvalue weighted by Gasteiger charge is 2.44. The maximum atomic E-state index is 5.57. The maximum Gasteiger partial charge on any atom is 0.0312 e. The minimum atomic E-state index is 0.450. The molecule has 1 aliphatic rings. The topological polar surface area (TPSA) is 38.0 Å². The minimum absolute atomic E-state index is 0.450. The Morgan fingerprint density at radius 1 is 1.69 bits per heavy atom. The first-order chi connectivity index (χ1) is 6.24. The van der Waals surface area contributed by atoms with Crippen LogP contribution >= 0.6 is 11.3 Å². The average molecular weight is 196 g/mol. The zero-order valence-corrected chi connectivity index (χ0v) is 8.73. The van der Waals surface area contributed by atoms with Crippen molar-refractivity contribution in [3.63, 3.8) is 0 Å². The molecule has 0 saturated heterocycles. The van der Waals surface area contributed by atoms with Crippen molar-refractivity contribution >= 4 is 11.3 Å². The summed E-state index contributed by atoms with van der Waals surface area (Å²) in [5.41, 5.74) is 3.41. The highest BCUT2D eigenvalue weighted by atomic mass is 32.1. The van der Waals surface area contributed by atoms with E-state index >= 15 is 0 Å². The second-order valence-corrected chi connectivity index (χ2v) is 5.19. The molecule has 13 heavy (non-hydrogen) atoms. The van der Waals surface area contributed by atoms with Gasteiger partial charge in [-0.15, -0.1) is 11.3 Å². The predicted octanol–water partition coefficient (Wildman–Crippen LogP) is 1.92. The molecular weight excluding hydrogens is 180 g/mol. The van der Waals surface area contributed by atoms with Gasteiger partial charge in [0.25, 0.3) is 0 Å². The molecule has 0 spiro atoms. The van der Waals surface area contributed by atoms with Gasteiger partial charge in [0.15, 0.2) is 0 Å². The Balaban J connectivity index is 1.99. The van der Waals surface area contributed by atoms with Crippen molar-refractivity contribution in [1.82, 2.24) is 5.43 Å². The number of nitrogens with one attached hydrogen (secondary N) is 1. The second kappa shape index (κ2) is 3.40. The van der Waals surface area contributed by atoms with Gasteiger partial charge in [0, 0.05) is 10.9 Å². The Bertz CT molecular complexity index is 264. The number of thiophene rings is 1. The molecule has 2 nitrogen and oxygen atoms in total. The summed E-state index contributed by atoms with van der Waals surface area (Å²) in [5, 5.41) is 2.12. The van der Waals surface area contributed by atoms with Gasteiger partial charge in [-0.05, 0) is 36.1 Å². The van der Waals surface area contributed by atoms with E-state index in [-0.39, 0.29) is 0 Å². The molecule has 1 heterocycles. The van der Waals surface area contributed by atoms with Crippen molar-refractivity contribution in [2.75, 3.05) is 0 Å². The standard InChI is InChI=1S/C10H16N2S/c1-10(4-5-10)9(12-11)7-8-3-2-6-13-8/h2-3,6,9,12H,4-5,7,11H2,1H3. The van der Waals surface area contributed by atoms with Crippen molar-refractivity contribution in [3.05, 3.63) is 22.4 Å². The summed E-state index contributed by atoms with van der Waals surface area (Å²) in [5.74, 6) is 5.57. The Morgan fingerprint density at radius 2 is 2.46 bits per heavy atom. The van der Waals surface area contributed by atoms with E-state index in [4.69, 9.17) is 5.84 Å². The lowest BCUT2D eigenvalue weighted by atomic mass is 9.96. The minimum Gasteiger partial charge on any atom is -0.271 e. The molecule has 0 amide bonds. The van der Waals surface area contributed by atoms with Gasteiger partial charge in [0.1, 0.15) is 0 Å².